The third kappa shape index (κ3) is 9.29. The van der Waals surface area contributed by atoms with Gasteiger partial charge in [0.25, 0.3) is 11.1 Å². The Kier molecular flexibility index (Phi) is 15.4. The number of pyridine rings is 2. The average molecular weight is 885 g/mol. The molecule has 16 heteroatoms. The first-order valence-corrected chi connectivity index (χ1v) is 23.5. The monoisotopic (exact) mass is 885 g/mol. The second-order valence-electron chi connectivity index (χ2n) is 18.3. The van der Waals surface area contributed by atoms with Gasteiger partial charge in [0.05, 0.1) is 12.1 Å². The Bertz CT molecular complexity index is 2050. The third-order valence-corrected chi connectivity index (χ3v) is 14.5. The van der Waals surface area contributed by atoms with Gasteiger partial charge in [0.1, 0.15) is 12.1 Å². The molecule has 348 valence electrons. The molecule has 6 aliphatic rings. The molecule has 0 unspecified atom stereocenters. The first-order chi connectivity index (χ1) is 30.9. The summed E-state index contributed by atoms with van der Waals surface area (Å²) in [4.78, 5) is 85.6. The number of hydrogen-bond acceptors (Lipinski definition) is 10. The van der Waals surface area contributed by atoms with E-state index in [0.717, 1.165) is 50.7 Å². The Morgan fingerprint density at radius 2 is 0.984 bits per heavy atom. The van der Waals surface area contributed by atoms with Crippen molar-refractivity contribution in [3.8, 4) is 0 Å². The number of likely N-dealkylation sites (tertiary alicyclic amines) is 4. The number of hydrogen-bond donors (Lipinski definition) is 4. The van der Waals surface area contributed by atoms with Crippen molar-refractivity contribution in [2.75, 3.05) is 65.6 Å². The third-order valence-electron chi connectivity index (χ3n) is 14.5. The lowest BCUT2D eigenvalue weighted by molar-refractivity contribution is -0.140. The van der Waals surface area contributed by atoms with Crippen LogP contribution in [0.5, 0.6) is 0 Å². The smallest absolute Gasteiger partial charge is 0.258 e. The maximum atomic E-state index is 13.2. The molecule has 0 aromatic carbocycles. The SMILES string of the molecule is C/C=C/c1ccc2n(c1=O)C[C@@H]1[C@@H](CO)[C@H](C(=O)NCCN3CCCCC3)N(C(C)=O)[C@H]21.C/C=C\c1ccc2n(c1=O)C[C@@H]1[C@@H](CO)[C@H](C(=O)NCCN3CCCCC3)N(C(C)=O)[C@H]21. The molecule has 0 spiro atoms. The predicted molar refractivity (Wildman–Crippen MR) is 244 cm³/mol. The molecule has 0 radical (unpaired) electrons. The van der Waals surface area contributed by atoms with Gasteiger partial charge in [0.2, 0.25) is 23.6 Å². The summed E-state index contributed by atoms with van der Waals surface area (Å²) in [7, 11) is 0. The van der Waals surface area contributed by atoms with Crippen molar-refractivity contribution in [3.63, 3.8) is 0 Å². The molecule has 8 rings (SSSR count). The number of carbonyl (C=O) groups excluding carboxylic acids is 4. The molecule has 2 aromatic heterocycles. The van der Waals surface area contributed by atoms with E-state index in [9.17, 15) is 39.0 Å². The standard InChI is InChI=1S/2C24H34N4O4/c2*1-3-7-17-8-9-20-21-18(14-27(20)24(17)32)19(15-29)22(28(21)16(2)30)23(31)25-10-13-26-11-5-4-6-12-26/h2*3,7-9,18-19,21-22,29H,4-6,10-15H2,1-2H3,(H,25,31)/b7-3+;7-3-/t2*18-,19-,21+,22-/m11/s1. The summed E-state index contributed by atoms with van der Waals surface area (Å²) >= 11 is 0. The molecule has 0 aliphatic carbocycles. The maximum Gasteiger partial charge on any atom is 0.258 e. The fourth-order valence-corrected chi connectivity index (χ4v) is 11.6. The maximum absolute atomic E-state index is 13.2. The van der Waals surface area contributed by atoms with E-state index in [2.05, 4.69) is 20.4 Å². The molecule has 4 N–H and O–H groups in total. The number of piperidine rings is 2. The van der Waals surface area contributed by atoms with Gasteiger partial charge in [-0.1, -0.05) is 37.1 Å². The summed E-state index contributed by atoms with van der Waals surface area (Å²) in [5, 5.41) is 26.5. The van der Waals surface area contributed by atoms with Crippen LogP contribution in [0.15, 0.2) is 46.0 Å². The van der Waals surface area contributed by atoms with Crippen LogP contribution in [0, 0.1) is 23.7 Å². The minimum absolute atomic E-state index is 0.0993. The van der Waals surface area contributed by atoms with E-state index >= 15 is 0 Å². The van der Waals surface area contributed by atoms with Crippen LogP contribution in [0.25, 0.3) is 12.2 Å². The van der Waals surface area contributed by atoms with Gasteiger partial charge in [0, 0.05) is 113 Å². The van der Waals surface area contributed by atoms with E-state index in [0.29, 0.717) is 37.3 Å². The van der Waals surface area contributed by atoms with Crippen molar-refractivity contribution in [3.05, 3.63) is 79.6 Å². The Balaban J connectivity index is 0.000000191. The van der Waals surface area contributed by atoms with Crippen LogP contribution in [-0.4, -0.2) is 140 Å². The fourth-order valence-electron chi connectivity index (χ4n) is 11.6. The molecule has 4 fully saturated rings. The molecule has 64 heavy (non-hydrogen) atoms. The van der Waals surface area contributed by atoms with Crippen LogP contribution in [0.4, 0.5) is 0 Å². The van der Waals surface area contributed by atoms with Gasteiger partial charge in [0.15, 0.2) is 0 Å². The van der Waals surface area contributed by atoms with Crippen LogP contribution in [0.3, 0.4) is 0 Å². The van der Waals surface area contributed by atoms with Gasteiger partial charge in [-0.15, -0.1) is 0 Å². The molecule has 8 atom stereocenters. The van der Waals surface area contributed by atoms with E-state index < -0.39 is 23.9 Å². The highest BCUT2D eigenvalue weighted by atomic mass is 16.3. The van der Waals surface area contributed by atoms with Crippen molar-refractivity contribution < 1.29 is 29.4 Å². The van der Waals surface area contributed by atoms with Crippen LogP contribution in [0.2, 0.25) is 0 Å². The number of carbonyl (C=O) groups is 4. The van der Waals surface area contributed by atoms with Gasteiger partial charge in [-0.3, -0.25) is 28.8 Å². The summed E-state index contributed by atoms with van der Waals surface area (Å²) in [5.41, 5.74) is 2.47. The van der Waals surface area contributed by atoms with Crippen molar-refractivity contribution >= 4 is 35.8 Å². The quantitative estimate of drug-likeness (QED) is 0.246. The number of aromatic nitrogens is 2. The topological polar surface area (TPSA) is 190 Å². The lowest BCUT2D eigenvalue weighted by Crippen LogP contribution is -2.51. The molecule has 0 bridgehead atoms. The lowest BCUT2D eigenvalue weighted by Gasteiger charge is -2.31. The number of aliphatic hydroxyl groups excluding tert-OH is 2. The Morgan fingerprint density at radius 3 is 1.31 bits per heavy atom. The predicted octanol–water partition coefficient (Wildman–Crippen LogP) is 1.99. The van der Waals surface area contributed by atoms with Crippen molar-refractivity contribution in [2.45, 2.75) is 103 Å². The zero-order chi connectivity index (χ0) is 45.7. The van der Waals surface area contributed by atoms with Crippen LogP contribution in [0.1, 0.15) is 101 Å². The van der Waals surface area contributed by atoms with Gasteiger partial charge < -0.3 is 49.6 Å². The first kappa shape index (κ1) is 47.1. The van der Waals surface area contributed by atoms with E-state index in [-0.39, 0.29) is 71.9 Å². The van der Waals surface area contributed by atoms with Crippen LogP contribution < -0.4 is 21.8 Å². The van der Waals surface area contributed by atoms with Gasteiger partial charge in [-0.05, 0) is 90.0 Å². The molecular weight excluding hydrogens is 817 g/mol. The highest BCUT2D eigenvalue weighted by Gasteiger charge is 2.58. The van der Waals surface area contributed by atoms with Crippen molar-refractivity contribution in [2.24, 2.45) is 23.7 Å². The minimum Gasteiger partial charge on any atom is -0.396 e. The van der Waals surface area contributed by atoms with E-state index in [1.54, 1.807) is 43.2 Å². The second-order valence-corrected chi connectivity index (χ2v) is 18.3. The van der Waals surface area contributed by atoms with Gasteiger partial charge in [-0.2, -0.15) is 0 Å². The molecule has 4 saturated heterocycles. The number of rotatable bonds is 12. The summed E-state index contributed by atoms with van der Waals surface area (Å²) in [6.45, 7) is 13.9. The number of nitrogens with zero attached hydrogens (tertiary/aromatic N) is 6. The van der Waals surface area contributed by atoms with Crippen LogP contribution in [-0.2, 0) is 32.3 Å². The zero-order valence-electron chi connectivity index (χ0n) is 38.0. The lowest BCUT2D eigenvalue weighted by atomic mass is 9.88. The molecule has 8 heterocycles. The fraction of sp³-hybridized carbons (Fsp3) is 0.625. The Morgan fingerprint density at radius 1 is 0.609 bits per heavy atom. The largest absolute Gasteiger partial charge is 0.396 e. The first-order valence-electron chi connectivity index (χ1n) is 23.5. The number of amides is 4. The molecular formula is C48H68N8O8. The molecule has 6 aliphatic heterocycles. The Labute approximate surface area is 376 Å². The highest BCUT2D eigenvalue weighted by Crippen LogP contribution is 2.50. The summed E-state index contributed by atoms with van der Waals surface area (Å²) in [6.07, 6.45) is 14.5. The van der Waals surface area contributed by atoms with Crippen molar-refractivity contribution in [1.82, 2.24) is 39.4 Å². The zero-order valence-corrected chi connectivity index (χ0v) is 38.0. The minimum atomic E-state index is -0.729. The summed E-state index contributed by atoms with van der Waals surface area (Å²) < 4.78 is 3.40. The molecule has 2 aromatic rings. The van der Waals surface area contributed by atoms with Gasteiger partial charge in [-0.25, -0.2) is 0 Å². The summed E-state index contributed by atoms with van der Waals surface area (Å²) in [5.74, 6) is -2.04. The van der Waals surface area contributed by atoms with Gasteiger partial charge >= 0.3 is 0 Å². The van der Waals surface area contributed by atoms with E-state index in [4.69, 9.17) is 0 Å². The molecule has 16 nitrogen and oxygen atoms in total. The number of aliphatic hydroxyl groups is 2. The van der Waals surface area contributed by atoms with E-state index in [1.807, 2.05) is 38.1 Å². The highest BCUT2D eigenvalue weighted by molar-refractivity contribution is 5.89. The number of fused-ring (bicyclic) bond motifs is 6. The summed E-state index contributed by atoms with van der Waals surface area (Å²) in [6, 6.07) is 5.08. The second kappa shape index (κ2) is 20.9. The van der Waals surface area contributed by atoms with Crippen LogP contribution >= 0.6 is 0 Å². The Hall–Kier alpha value is -4.90. The molecule has 4 amide bonds. The average Bonchev–Trinajstić information content (AvgIpc) is 4.03. The number of nitrogens with one attached hydrogen (secondary N) is 2. The normalized spacial score (nSPS) is 27.5. The van der Waals surface area contributed by atoms with E-state index in [1.165, 1.54) is 52.4 Å². The molecule has 0 saturated carbocycles. The van der Waals surface area contributed by atoms with Crippen molar-refractivity contribution in [1.29, 1.82) is 0 Å². The number of allylic oxidation sites excluding steroid dienone is 2.